The maximum absolute atomic E-state index is 5.72. The van der Waals surface area contributed by atoms with Crippen LogP contribution < -0.4 is 0 Å². The van der Waals surface area contributed by atoms with E-state index in [4.69, 9.17) is 9.97 Å². The van der Waals surface area contributed by atoms with Gasteiger partial charge in [-0.15, -0.1) is 0 Å². The first kappa shape index (κ1) is 37.2. The van der Waals surface area contributed by atoms with Crippen molar-refractivity contribution in [3.8, 4) is 44.5 Å². The lowest BCUT2D eigenvalue weighted by Crippen LogP contribution is -2.25. The Labute approximate surface area is 393 Å². The Balaban J connectivity index is 1.10. The molecule has 4 saturated carbocycles. The first-order valence-electron chi connectivity index (χ1n) is 26.3. The van der Waals surface area contributed by atoms with Crippen molar-refractivity contribution in [3.05, 3.63) is 148 Å². The summed E-state index contributed by atoms with van der Waals surface area (Å²) in [7, 11) is 0. The summed E-state index contributed by atoms with van der Waals surface area (Å²) in [6.45, 7) is 9.96. The second-order valence-electron chi connectivity index (χ2n) is 24.4. The summed E-state index contributed by atoms with van der Waals surface area (Å²) >= 11 is 0. The van der Waals surface area contributed by atoms with Crippen LogP contribution in [-0.2, 0) is 10.8 Å². The summed E-state index contributed by atoms with van der Waals surface area (Å²) in [5, 5.41) is 5.98. The summed E-state index contributed by atoms with van der Waals surface area (Å²) < 4.78 is 2.75. The third kappa shape index (κ3) is 4.44. The number of hydrogen-bond acceptors (Lipinski definition) is 2. The number of rotatable bonds is 2. The van der Waals surface area contributed by atoms with E-state index in [1.165, 1.54) is 180 Å². The molecule has 3 heteroatoms. The van der Waals surface area contributed by atoms with Crippen LogP contribution in [0.4, 0.5) is 0 Å². The summed E-state index contributed by atoms with van der Waals surface area (Å²) in [6.07, 6.45) is 18.1. The van der Waals surface area contributed by atoms with Crippen LogP contribution in [0.5, 0.6) is 0 Å². The van der Waals surface area contributed by atoms with E-state index >= 15 is 0 Å². The number of benzene rings is 5. The topological polar surface area (TPSA) is 30.2 Å². The molecule has 8 bridgehead atoms. The predicted molar refractivity (Wildman–Crippen MR) is 274 cm³/mol. The quantitative estimate of drug-likeness (QED) is 0.173. The van der Waals surface area contributed by atoms with Gasteiger partial charge in [0.1, 0.15) is 0 Å². The average Bonchev–Trinajstić information content (AvgIpc) is 3.92. The van der Waals surface area contributed by atoms with Crippen molar-refractivity contribution in [3.63, 3.8) is 0 Å². The first-order valence-corrected chi connectivity index (χ1v) is 26.3. The van der Waals surface area contributed by atoms with E-state index in [0.717, 1.165) is 23.7 Å². The van der Waals surface area contributed by atoms with Crippen molar-refractivity contribution in [2.75, 3.05) is 0 Å². The van der Waals surface area contributed by atoms with Crippen LogP contribution in [0.25, 0.3) is 82.6 Å². The first-order chi connectivity index (χ1) is 32.7. The van der Waals surface area contributed by atoms with Crippen LogP contribution in [0.2, 0.25) is 0 Å². The monoisotopic (exact) mass is 867 g/mol. The molecule has 4 fully saturated rings. The van der Waals surface area contributed by atoms with Crippen molar-refractivity contribution in [1.29, 1.82) is 0 Å². The molecule has 328 valence electrons. The maximum Gasteiger partial charge on any atom is 0.0728 e. The van der Waals surface area contributed by atoms with Gasteiger partial charge in [0.05, 0.1) is 28.9 Å². The van der Waals surface area contributed by atoms with Gasteiger partial charge in [0.15, 0.2) is 0 Å². The fraction of sp³-hybridized carbons (Fsp3) is 0.375. The number of aromatic nitrogens is 3. The molecule has 4 unspecified atom stereocenters. The standard InChI is InChI=1S/C64H57N3/c1-63(2)48-17-7-5-11-40(48)42-13-9-15-44(58(42)63)46-29-47(45-16-10-14-43-41-12-6-8-18-49(41)64(3,4)59(43)45)55-57-51(31-66-61-39-27-34-20-35(28-39)24-37(23-34)53(57)61)67-50-30-65-60-38-25-32-19-33(26-38)22-36(21-32)52(60)56(50)54(46)62(55)67/h5-18,29-39H,19-28H2,1-4H3. The SMILES string of the molecule is CC1(C)c2ccccc2-c2cccc(-c3cc(-c4cccc5c4C(C)(C)c4ccccc4-5)c4c5c6c(ncc5n5c7cnc8c(c7c3c45)C3CC4CC(CC8C4)C3)C3CC4CC(C3)CC6C4)c21. The van der Waals surface area contributed by atoms with Crippen LogP contribution in [0.3, 0.4) is 0 Å². The van der Waals surface area contributed by atoms with Crippen molar-refractivity contribution in [1.82, 2.24) is 14.4 Å². The van der Waals surface area contributed by atoms with E-state index in [9.17, 15) is 0 Å². The molecule has 4 heterocycles. The van der Waals surface area contributed by atoms with E-state index in [1.54, 1.807) is 11.1 Å². The van der Waals surface area contributed by atoms with Crippen molar-refractivity contribution >= 4 is 38.1 Å². The predicted octanol–water partition coefficient (Wildman–Crippen LogP) is 16.4. The minimum absolute atomic E-state index is 0.164. The van der Waals surface area contributed by atoms with E-state index in [1.807, 2.05) is 0 Å². The molecule has 4 aromatic heterocycles. The normalized spacial score (nSPS) is 28.2. The summed E-state index contributed by atoms with van der Waals surface area (Å²) in [4.78, 5) is 11.4. The number of nitrogens with zero attached hydrogens (tertiary/aromatic N) is 3. The molecule has 0 radical (unpaired) electrons. The van der Waals surface area contributed by atoms with Gasteiger partial charge >= 0.3 is 0 Å². The van der Waals surface area contributed by atoms with Crippen LogP contribution in [0, 0.1) is 23.7 Å². The number of pyridine rings is 2. The molecule has 67 heavy (non-hydrogen) atoms. The van der Waals surface area contributed by atoms with Gasteiger partial charge in [-0.25, -0.2) is 0 Å². The van der Waals surface area contributed by atoms with Gasteiger partial charge in [0.25, 0.3) is 0 Å². The lowest BCUT2D eigenvalue weighted by atomic mass is 9.67. The van der Waals surface area contributed by atoms with Crippen LogP contribution in [-0.4, -0.2) is 14.4 Å². The fourth-order valence-electron chi connectivity index (χ4n) is 18.4. The smallest absolute Gasteiger partial charge is 0.0728 e. The third-order valence-electron chi connectivity index (χ3n) is 20.4. The molecule has 10 aliphatic rings. The molecule has 10 aliphatic carbocycles. The number of hydrogen-bond donors (Lipinski definition) is 0. The molecular formula is C64H57N3. The highest BCUT2D eigenvalue weighted by atomic mass is 15.0. The summed E-state index contributed by atoms with van der Waals surface area (Å²) in [6, 6.07) is 35.9. The average molecular weight is 868 g/mol. The maximum atomic E-state index is 5.72. The van der Waals surface area contributed by atoms with Crippen LogP contribution in [0.15, 0.2) is 103 Å². The van der Waals surface area contributed by atoms with Crippen molar-refractivity contribution in [2.45, 2.75) is 126 Å². The zero-order chi connectivity index (χ0) is 44.0. The lowest BCUT2D eigenvalue weighted by molar-refractivity contribution is 0.165. The van der Waals surface area contributed by atoms with Crippen molar-refractivity contribution < 1.29 is 0 Å². The Morgan fingerprint density at radius 3 is 1.21 bits per heavy atom. The Hall–Kier alpha value is -5.80. The van der Waals surface area contributed by atoms with Gasteiger partial charge in [0, 0.05) is 55.6 Å². The number of fused-ring (bicyclic) bond motifs is 12. The fourth-order valence-corrected chi connectivity index (χ4v) is 18.4. The van der Waals surface area contributed by atoms with Crippen LogP contribution in [0.1, 0.15) is 160 Å². The van der Waals surface area contributed by atoms with Gasteiger partial charge in [-0.05, 0) is 184 Å². The van der Waals surface area contributed by atoms with Gasteiger partial charge in [-0.3, -0.25) is 9.97 Å². The summed E-state index contributed by atoms with van der Waals surface area (Å²) in [5.41, 5.74) is 26.9. The molecule has 0 aliphatic heterocycles. The molecular weight excluding hydrogens is 811 g/mol. The van der Waals surface area contributed by atoms with Gasteiger partial charge in [0.2, 0.25) is 0 Å². The van der Waals surface area contributed by atoms with Crippen LogP contribution >= 0.6 is 0 Å². The lowest BCUT2D eigenvalue weighted by Gasteiger charge is -2.38. The Morgan fingerprint density at radius 1 is 0.403 bits per heavy atom. The van der Waals surface area contributed by atoms with Gasteiger partial charge in [-0.1, -0.05) is 113 Å². The zero-order valence-corrected chi connectivity index (χ0v) is 39.3. The molecule has 9 aromatic rings. The largest absolute Gasteiger partial charge is 0.305 e. The zero-order valence-electron chi connectivity index (χ0n) is 39.3. The summed E-state index contributed by atoms with van der Waals surface area (Å²) in [5.74, 6) is 5.56. The Kier molecular flexibility index (Phi) is 6.81. The second kappa shape index (κ2) is 12.3. The molecule has 4 atom stereocenters. The van der Waals surface area contributed by atoms with Gasteiger partial charge < -0.3 is 4.40 Å². The molecule has 19 rings (SSSR count). The molecule has 0 spiro atoms. The molecule has 0 amide bonds. The van der Waals surface area contributed by atoms with Gasteiger partial charge in [-0.2, -0.15) is 0 Å². The second-order valence-corrected chi connectivity index (χ2v) is 24.4. The Bertz CT molecular complexity index is 3460. The van der Waals surface area contributed by atoms with E-state index in [0.29, 0.717) is 23.7 Å². The molecule has 0 saturated heterocycles. The minimum atomic E-state index is -0.164. The minimum Gasteiger partial charge on any atom is -0.305 e. The van der Waals surface area contributed by atoms with E-state index in [-0.39, 0.29) is 10.8 Å². The highest BCUT2D eigenvalue weighted by molar-refractivity contribution is 6.32. The highest BCUT2D eigenvalue weighted by Gasteiger charge is 2.48. The highest BCUT2D eigenvalue weighted by Crippen LogP contribution is 2.64. The van der Waals surface area contributed by atoms with Crippen molar-refractivity contribution in [2.24, 2.45) is 23.7 Å². The van der Waals surface area contributed by atoms with E-state index < -0.39 is 0 Å². The van der Waals surface area contributed by atoms with E-state index in [2.05, 4.69) is 135 Å². The Morgan fingerprint density at radius 2 is 0.776 bits per heavy atom. The molecule has 0 N–H and O–H groups in total. The molecule has 3 nitrogen and oxygen atoms in total. The third-order valence-corrected chi connectivity index (χ3v) is 20.4. The molecule has 5 aromatic carbocycles.